The molecule has 0 spiro atoms. The molecule has 0 bridgehead atoms. The van der Waals surface area contributed by atoms with Crippen molar-refractivity contribution < 1.29 is 28.8 Å². The summed E-state index contributed by atoms with van der Waals surface area (Å²) in [6.07, 6.45) is -0.100. The molecule has 0 heterocycles. The molecule has 0 aromatic heterocycles. The Morgan fingerprint density at radius 2 is 2.04 bits per heavy atom. The predicted molar refractivity (Wildman–Crippen MR) is 98.3 cm³/mol. The Balaban J connectivity index is 0.00000326. The van der Waals surface area contributed by atoms with Gasteiger partial charge in [-0.25, -0.2) is 9.90 Å². The van der Waals surface area contributed by atoms with Gasteiger partial charge in [0.25, 0.3) is 12.2 Å². The molecule has 1 aromatic carbocycles. The Morgan fingerprint density at radius 1 is 1.41 bits per heavy atom. The number of nitro benzene ring substituents is 1. The predicted octanol–water partition coefficient (Wildman–Crippen LogP) is 2.58. The Bertz CT molecular complexity index is 625. The second kappa shape index (κ2) is 12.7. The van der Waals surface area contributed by atoms with Crippen LogP contribution in [0.1, 0.15) is 45.3 Å². The van der Waals surface area contributed by atoms with Crippen molar-refractivity contribution in [3.05, 3.63) is 33.9 Å². The van der Waals surface area contributed by atoms with E-state index < -0.39 is 23.4 Å². The minimum atomic E-state index is -1.28. The highest BCUT2D eigenvalue weighted by Crippen LogP contribution is 2.30. The van der Waals surface area contributed by atoms with Crippen LogP contribution < -0.4 is 5.73 Å². The Hall–Kier alpha value is -2.56. The summed E-state index contributed by atoms with van der Waals surface area (Å²) < 4.78 is 10.5. The highest BCUT2D eigenvalue weighted by molar-refractivity contribution is 5.77. The van der Waals surface area contributed by atoms with E-state index in [1.54, 1.807) is 6.92 Å². The lowest BCUT2D eigenvalue weighted by Crippen LogP contribution is -2.34. The van der Waals surface area contributed by atoms with Gasteiger partial charge in [-0.05, 0) is 19.1 Å². The molecule has 1 aromatic rings. The number of anilines is 1. The molecule has 2 atom stereocenters. The van der Waals surface area contributed by atoms with Gasteiger partial charge in [0.15, 0.2) is 0 Å². The maximum absolute atomic E-state index is 11.7. The third-order valence-electron chi connectivity index (χ3n) is 3.27. The molecule has 27 heavy (non-hydrogen) atoms. The molecule has 152 valence electrons. The Morgan fingerprint density at radius 3 is 2.56 bits per heavy atom. The van der Waals surface area contributed by atoms with Gasteiger partial charge in [-0.2, -0.15) is 0 Å². The lowest BCUT2D eigenvalue weighted by Gasteiger charge is -2.25. The van der Waals surface area contributed by atoms with Gasteiger partial charge in [0.1, 0.15) is 6.29 Å². The maximum atomic E-state index is 11.7. The summed E-state index contributed by atoms with van der Waals surface area (Å²) in [5, 5.41) is 12.0. The molecule has 0 radical (unpaired) electrons. The molecule has 0 fully saturated rings. The number of amides is 1. The highest BCUT2D eigenvalue weighted by Gasteiger charge is 2.25. The average Bonchev–Trinajstić information content (AvgIpc) is 2.66. The third kappa shape index (κ3) is 8.11. The smallest absolute Gasteiger partial charge is 0.294 e. The number of hydrogen-bond acceptors (Lipinski definition) is 8. The third-order valence-corrected chi connectivity index (χ3v) is 3.27. The van der Waals surface area contributed by atoms with Crippen molar-refractivity contribution in [1.29, 1.82) is 0 Å². The Kier molecular flexibility index (Phi) is 11.5. The fourth-order valence-electron chi connectivity index (χ4n) is 1.95. The zero-order chi connectivity index (χ0) is 21.0. The van der Waals surface area contributed by atoms with E-state index in [1.807, 2.05) is 13.8 Å². The number of hydrogen-bond donors (Lipinski definition) is 1. The van der Waals surface area contributed by atoms with Gasteiger partial charge >= 0.3 is 0 Å². The molecule has 2 unspecified atom stereocenters. The van der Waals surface area contributed by atoms with E-state index in [1.165, 1.54) is 32.4 Å². The molecular formula is C17H27N3O7. The summed E-state index contributed by atoms with van der Waals surface area (Å²) in [5.74, 6) is -0.441. The van der Waals surface area contributed by atoms with Crippen LogP contribution in [-0.2, 0) is 23.9 Å². The molecule has 10 nitrogen and oxygen atoms in total. The summed E-state index contributed by atoms with van der Waals surface area (Å²) in [6.45, 7) is 4.29. The zero-order valence-electron chi connectivity index (χ0n) is 16.2. The van der Waals surface area contributed by atoms with Gasteiger partial charge < -0.3 is 20.0 Å². The minimum absolute atomic E-state index is 0.0184. The number of carbonyl (C=O) groups excluding carboxylic acids is 2. The minimum Gasteiger partial charge on any atom is -0.399 e. The zero-order valence-corrected chi connectivity index (χ0v) is 16.2. The molecule has 10 heteroatoms. The number of benzene rings is 1. The summed E-state index contributed by atoms with van der Waals surface area (Å²) in [5.41, 5.74) is 5.90. The summed E-state index contributed by atoms with van der Waals surface area (Å²) in [6, 6.07) is 4.22. The largest absolute Gasteiger partial charge is 0.399 e. The number of carbonyl (C=O) groups is 2. The fourth-order valence-corrected chi connectivity index (χ4v) is 1.95. The summed E-state index contributed by atoms with van der Waals surface area (Å²) >= 11 is 0. The molecular weight excluding hydrogens is 358 g/mol. The fraction of sp³-hybridized carbons (Fsp3) is 0.529. The van der Waals surface area contributed by atoms with Crippen LogP contribution in [0.3, 0.4) is 0 Å². The average molecular weight is 385 g/mol. The van der Waals surface area contributed by atoms with Gasteiger partial charge in [-0.1, -0.05) is 13.8 Å². The number of ether oxygens (including phenoxy) is 2. The topological polar surface area (TPSA) is 134 Å². The van der Waals surface area contributed by atoms with Gasteiger partial charge in [-0.15, -0.1) is 0 Å². The lowest BCUT2D eigenvalue weighted by molar-refractivity contribution is -0.388. The number of nitrogens with zero attached hydrogens (tertiary/aromatic N) is 2. The number of nitrogen functional groups attached to an aromatic ring is 1. The quantitative estimate of drug-likeness (QED) is 0.213. The molecule has 1 rings (SSSR count). The second-order valence-electron chi connectivity index (χ2n) is 5.08. The van der Waals surface area contributed by atoms with Crippen molar-refractivity contribution >= 4 is 23.6 Å². The van der Waals surface area contributed by atoms with Crippen LogP contribution in [-0.4, -0.2) is 42.8 Å². The van der Waals surface area contributed by atoms with E-state index in [4.69, 9.17) is 20.0 Å². The van der Waals surface area contributed by atoms with Crippen molar-refractivity contribution in [2.75, 3.05) is 19.9 Å². The normalized spacial score (nSPS) is 12.3. The maximum Gasteiger partial charge on any atom is 0.294 e. The van der Waals surface area contributed by atoms with Crippen LogP contribution in [0.25, 0.3) is 0 Å². The number of nitro groups is 1. The summed E-state index contributed by atoms with van der Waals surface area (Å²) in [7, 11) is 2.64. The molecule has 0 aliphatic heterocycles. The van der Waals surface area contributed by atoms with Crippen molar-refractivity contribution in [3.8, 4) is 0 Å². The van der Waals surface area contributed by atoms with Crippen molar-refractivity contribution in [1.82, 2.24) is 5.06 Å². The van der Waals surface area contributed by atoms with Gasteiger partial charge in [0, 0.05) is 38.8 Å². The van der Waals surface area contributed by atoms with Crippen LogP contribution >= 0.6 is 0 Å². The summed E-state index contributed by atoms with van der Waals surface area (Å²) in [4.78, 5) is 37.8. The van der Waals surface area contributed by atoms with Crippen LogP contribution in [0.15, 0.2) is 18.2 Å². The van der Waals surface area contributed by atoms with Crippen LogP contribution in [0.2, 0.25) is 0 Å². The Labute approximate surface area is 158 Å². The first kappa shape index (κ1) is 24.4. The van der Waals surface area contributed by atoms with Crippen LogP contribution in [0.5, 0.6) is 0 Å². The van der Waals surface area contributed by atoms with Crippen LogP contribution in [0, 0.1) is 10.1 Å². The van der Waals surface area contributed by atoms with Crippen molar-refractivity contribution in [2.45, 2.75) is 46.2 Å². The number of rotatable bonds is 10. The SMILES string of the molecule is CC.COC(OC(C)c1ccc(N)cc1[N+](=O)[O-])ON(C)C(=O)CCC=O. The van der Waals surface area contributed by atoms with E-state index in [2.05, 4.69) is 0 Å². The molecule has 0 aliphatic rings. The van der Waals surface area contributed by atoms with Crippen LogP contribution in [0.4, 0.5) is 11.4 Å². The number of aldehydes is 1. The molecule has 0 aliphatic carbocycles. The van der Waals surface area contributed by atoms with E-state index in [0.717, 1.165) is 5.06 Å². The van der Waals surface area contributed by atoms with Gasteiger partial charge in [-0.3, -0.25) is 14.9 Å². The molecule has 1 amide bonds. The molecule has 0 saturated heterocycles. The number of methoxy groups -OCH3 is 1. The molecule has 0 saturated carbocycles. The first-order chi connectivity index (χ1) is 12.8. The van der Waals surface area contributed by atoms with E-state index in [9.17, 15) is 19.7 Å². The lowest BCUT2D eigenvalue weighted by atomic mass is 10.1. The molecule has 2 N–H and O–H groups in total. The van der Waals surface area contributed by atoms with Gasteiger partial charge in [0.05, 0.1) is 16.6 Å². The number of nitrogens with two attached hydrogens (primary N) is 1. The highest BCUT2D eigenvalue weighted by atomic mass is 16.9. The first-order valence-corrected chi connectivity index (χ1v) is 8.39. The first-order valence-electron chi connectivity index (χ1n) is 8.39. The standard InChI is InChI=1S/C15H21N3O7.C2H6/c1-10(12-7-6-11(16)9-13(12)18(21)22)24-15(23-3)25-17(2)14(20)5-4-8-19;1-2/h6-10,15H,4-5,16H2,1-3H3;1-2H3. The van der Waals surface area contributed by atoms with E-state index in [-0.39, 0.29) is 29.8 Å². The second-order valence-corrected chi connectivity index (χ2v) is 5.08. The number of hydroxylamine groups is 2. The van der Waals surface area contributed by atoms with Crippen molar-refractivity contribution in [3.63, 3.8) is 0 Å². The van der Waals surface area contributed by atoms with E-state index in [0.29, 0.717) is 6.29 Å². The van der Waals surface area contributed by atoms with Gasteiger partial charge in [0.2, 0.25) is 5.91 Å². The van der Waals surface area contributed by atoms with E-state index >= 15 is 0 Å². The monoisotopic (exact) mass is 385 g/mol. The van der Waals surface area contributed by atoms with Crippen molar-refractivity contribution in [2.24, 2.45) is 0 Å².